The minimum absolute atomic E-state index is 0.164. The number of piperidine rings is 1. The fourth-order valence-corrected chi connectivity index (χ4v) is 2.39. The van der Waals surface area contributed by atoms with E-state index in [1.54, 1.807) is 0 Å². The van der Waals surface area contributed by atoms with E-state index in [9.17, 15) is 4.79 Å². The molecule has 0 aromatic heterocycles. The lowest BCUT2D eigenvalue weighted by molar-refractivity contribution is 0.0183. The van der Waals surface area contributed by atoms with Gasteiger partial charge in [-0.05, 0) is 74.0 Å². The smallest absolute Gasteiger partial charge is 0.410 e. The van der Waals surface area contributed by atoms with E-state index in [4.69, 9.17) is 4.74 Å². The van der Waals surface area contributed by atoms with Crippen molar-refractivity contribution in [2.45, 2.75) is 58.6 Å². The molecule has 0 aromatic rings. The van der Waals surface area contributed by atoms with E-state index in [2.05, 4.69) is 38.2 Å². The molecule has 130 valence electrons. The van der Waals surface area contributed by atoms with Crippen LogP contribution in [0.2, 0.25) is 0 Å². The van der Waals surface area contributed by atoms with Crippen molar-refractivity contribution in [1.82, 2.24) is 15.1 Å². The first-order chi connectivity index (χ1) is 10.0. The van der Waals surface area contributed by atoms with Crippen LogP contribution in [0.25, 0.3) is 0 Å². The molecule has 0 bridgehead atoms. The molecule has 1 amide bonds. The summed E-state index contributed by atoms with van der Waals surface area (Å²) >= 11 is 0. The Morgan fingerprint density at radius 1 is 1.18 bits per heavy atom. The average molecular weight is 313 g/mol. The third-order valence-corrected chi connectivity index (χ3v) is 4.47. The summed E-state index contributed by atoms with van der Waals surface area (Å²) in [6, 6.07) is 0. The predicted molar refractivity (Wildman–Crippen MR) is 91.2 cm³/mol. The number of ether oxygens (including phenoxy) is 1. The summed E-state index contributed by atoms with van der Waals surface area (Å²) in [7, 11) is 4.22. The topological polar surface area (TPSA) is 44.8 Å². The number of hydrogen-bond donors (Lipinski definition) is 1. The van der Waals surface area contributed by atoms with E-state index < -0.39 is 5.60 Å². The zero-order valence-electron chi connectivity index (χ0n) is 15.5. The quantitative estimate of drug-likeness (QED) is 0.847. The van der Waals surface area contributed by atoms with Crippen molar-refractivity contribution in [3.8, 4) is 0 Å². The van der Waals surface area contributed by atoms with Gasteiger partial charge in [0.15, 0.2) is 0 Å². The Morgan fingerprint density at radius 2 is 1.73 bits per heavy atom. The molecule has 0 spiro atoms. The number of hydrogen-bond acceptors (Lipinski definition) is 4. The maximum atomic E-state index is 12.0. The number of amides is 1. The molecule has 0 unspecified atom stereocenters. The van der Waals surface area contributed by atoms with Gasteiger partial charge in [0.25, 0.3) is 0 Å². The van der Waals surface area contributed by atoms with Crippen LogP contribution in [-0.2, 0) is 4.74 Å². The highest BCUT2D eigenvalue weighted by Crippen LogP contribution is 2.19. The van der Waals surface area contributed by atoms with Gasteiger partial charge >= 0.3 is 6.09 Å². The summed E-state index contributed by atoms with van der Waals surface area (Å²) in [5.74, 6) is 0.650. The molecule has 22 heavy (non-hydrogen) atoms. The Bertz CT molecular complexity index is 353. The molecular formula is C17H35N3O2. The molecule has 1 aliphatic rings. The Hall–Kier alpha value is -0.810. The third kappa shape index (κ3) is 6.53. The van der Waals surface area contributed by atoms with Crippen molar-refractivity contribution in [2.75, 3.05) is 40.3 Å². The van der Waals surface area contributed by atoms with Crippen molar-refractivity contribution in [3.63, 3.8) is 0 Å². The van der Waals surface area contributed by atoms with E-state index >= 15 is 0 Å². The van der Waals surface area contributed by atoms with Gasteiger partial charge in [0.1, 0.15) is 5.60 Å². The molecule has 0 saturated carbocycles. The van der Waals surface area contributed by atoms with Crippen molar-refractivity contribution in [3.05, 3.63) is 0 Å². The van der Waals surface area contributed by atoms with Gasteiger partial charge in [-0.3, -0.25) is 0 Å². The maximum absolute atomic E-state index is 12.0. The fraction of sp³-hybridized carbons (Fsp3) is 0.941. The van der Waals surface area contributed by atoms with Gasteiger partial charge in [0.05, 0.1) is 0 Å². The predicted octanol–water partition coefficient (Wildman–Crippen LogP) is 2.56. The van der Waals surface area contributed by atoms with Crippen LogP contribution in [-0.4, -0.2) is 67.3 Å². The first-order valence-electron chi connectivity index (χ1n) is 8.37. The van der Waals surface area contributed by atoms with Crippen LogP contribution < -0.4 is 5.32 Å². The lowest BCUT2D eigenvalue weighted by Crippen LogP contribution is -2.48. The van der Waals surface area contributed by atoms with Crippen molar-refractivity contribution < 1.29 is 9.53 Å². The highest BCUT2D eigenvalue weighted by atomic mass is 16.6. The number of rotatable bonds is 5. The van der Waals surface area contributed by atoms with Gasteiger partial charge in [-0.1, -0.05) is 0 Å². The van der Waals surface area contributed by atoms with E-state index in [-0.39, 0.29) is 11.6 Å². The Balaban J connectivity index is 2.27. The molecule has 1 N–H and O–H groups in total. The fourth-order valence-electron chi connectivity index (χ4n) is 2.39. The lowest BCUT2D eigenvalue weighted by Gasteiger charge is -2.35. The Kier molecular flexibility index (Phi) is 6.68. The zero-order chi connectivity index (χ0) is 17.0. The second-order valence-corrected chi connectivity index (χ2v) is 8.25. The van der Waals surface area contributed by atoms with Gasteiger partial charge < -0.3 is 19.9 Å². The lowest BCUT2D eigenvalue weighted by atomic mass is 9.96. The molecule has 1 heterocycles. The highest BCUT2D eigenvalue weighted by Gasteiger charge is 2.27. The summed E-state index contributed by atoms with van der Waals surface area (Å²) in [5, 5.41) is 3.58. The molecule has 1 fully saturated rings. The SMILES string of the molecule is CN(C)C(C)(C)CNCC1CCN(C(=O)OC(C)(C)C)CC1. The van der Waals surface area contributed by atoms with Crippen LogP contribution in [0.5, 0.6) is 0 Å². The number of likely N-dealkylation sites (tertiary alicyclic amines) is 1. The van der Waals surface area contributed by atoms with Crippen molar-refractivity contribution in [2.24, 2.45) is 5.92 Å². The van der Waals surface area contributed by atoms with Gasteiger partial charge in [-0.2, -0.15) is 0 Å². The van der Waals surface area contributed by atoms with Crippen molar-refractivity contribution >= 4 is 6.09 Å². The summed E-state index contributed by atoms with van der Waals surface area (Å²) < 4.78 is 5.43. The molecule has 1 saturated heterocycles. The first kappa shape index (κ1) is 19.2. The van der Waals surface area contributed by atoms with E-state index in [1.807, 2.05) is 25.7 Å². The van der Waals surface area contributed by atoms with Crippen LogP contribution in [0, 0.1) is 5.92 Å². The van der Waals surface area contributed by atoms with Crippen LogP contribution in [0.4, 0.5) is 4.79 Å². The van der Waals surface area contributed by atoms with Gasteiger partial charge in [-0.25, -0.2) is 4.79 Å². The standard InChI is InChI=1S/C17H35N3O2/c1-16(2,3)22-15(21)20-10-8-14(9-11-20)12-18-13-17(4,5)19(6)7/h14,18H,8-13H2,1-7H3. The number of likely N-dealkylation sites (N-methyl/N-ethyl adjacent to an activating group) is 1. The molecule has 1 rings (SSSR count). The maximum Gasteiger partial charge on any atom is 0.410 e. The second-order valence-electron chi connectivity index (χ2n) is 8.25. The summed E-state index contributed by atoms with van der Waals surface area (Å²) in [6.07, 6.45) is 1.93. The monoisotopic (exact) mass is 313 g/mol. The van der Waals surface area contributed by atoms with E-state index in [0.717, 1.165) is 39.0 Å². The Morgan fingerprint density at radius 3 is 2.18 bits per heavy atom. The number of nitrogens with one attached hydrogen (secondary N) is 1. The molecular weight excluding hydrogens is 278 g/mol. The highest BCUT2D eigenvalue weighted by molar-refractivity contribution is 5.68. The summed E-state index contributed by atoms with van der Waals surface area (Å²) in [4.78, 5) is 16.1. The second kappa shape index (κ2) is 7.64. The largest absolute Gasteiger partial charge is 0.444 e. The van der Waals surface area contributed by atoms with Crippen LogP contribution in [0.15, 0.2) is 0 Å². The minimum Gasteiger partial charge on any atom is -0.444 e. The number of nitrogens with zero attached hydrogens (tertiary/aromatic N) is 2. The average Bonchev–Trinajstić information content (AvgIpc) is 2.37. The summed E-state index contributed by atoms with van der Waals surface area (Å²) in [6.45, 7) is 13.8. The van der Waals surface area contributed by atoms with E-state index in [1.165, 1.54) is 0 Å². The van der Waals surface area contributed by atoms with Gasteiger partial charge in [0, 0.05) is 25.2 Å². The van der Waals surface area contributed by atoms with Crippen LogP contribution in [0.1, 0.15) is 47.5 Å². The summed E-state index contributed by atoms with van der Waals surface area (Å²) in [5.41, 5.74) is -0.246. The third-order valence-electron chi connectivity index (χ3n) is 4.47. The minimum atomic E-state index is -0.409. The molecule has 0 radical (unpaired) electrons. The molecule has 0 atom stereocenters. The first-order valence-corrected chi connectivity index (χ1v) is 8.37. The molecule has 1 aliphatic heterocycles. The van der Waals surface area contributed by atoms with Gasteiger partial charge in [-0.15, -0.1) is 0 Å². The molecule has 5 nitrogen and oxygen atoms in total. The number of carbonyl (C=O) groups excluding carboxylic acids is 1. The van der Waals surface area contributed by atoms with E-state index in [0.29, 0.717) is 5.92 Å². The van der Waals surface area contributed by atoms with Gasteiger partial charge in [0.2, 0.25) is 0 Å². The zero-order valence-corrected chi connectivity index (χ0v) is 15.5. The number of carbonyl (C=O) groups is 1. The normalized spacial score (nSPS) is 17.9. The Labute approximate surface area is 136 Å². The molecule has 0 aliphatic carbocycles. The van der Waals surface area contributed by atoms with Crippen molar-refractivity contribution in [1.29, 1.82) is 0 Å². The van der Waals surface area contributed by atoms with Crippen LogP contribution >= 0.6 is 0 Å². The van der Waals surface area contributed by atoms with Crippen LogP contribution in [0.3, 0.4) is 0 Å². The molecule has 5 heteroatoms. The molecule has 0 aromatic carbocycles.